The van der Waals surface area contributed by atoms with Gasteiger partial charge in [-0.3, -0.25) is 0 Å². The van der Waals surface area contributed by atoms with Crippen molar-refractivity contribution in [1.29, 1.82) is 10.5 Å². The van der Waals surface area contributed by atoms with E-state index in [2.05, 4.69) is 9.98 Å². The van der Waals surface area contributed by atoms with Gasteiger partial charge in [-0.05, 0) is 12.1 Å². The third-order valence-corrected chi connectivity index (χ3v) is 2.60. The Balaban J connectivity index is 0.00000220. The first kappa shape index (κ1) is 17.1. The normalized spacial score (nSPS) is 14.0. The van der Waals surface area contributed by atoms with Crippen molar-refractivity contribution in [2.24, 2.45) is 9.98 Å². The van der Waals surface area contributed by atoms with E-state index in [0.29, 0.717) is 0 Å². The number of rotatable bonds is 1. The standard InChI is InChI=1S/C11H3F5N4.Li.H/c12-10(13,11(14,15)16)9-19-7-5(3-17)1-2-6(4-18)8(7)20-9;;/h1-2,9H;;/q;+1;-1. The minimum Gasteiger partial charge on any atom is -1.00 e. The van der Waals surface area contributed by atoms with Crippen molar-refractivity contribution in [3.8, 4) is 12.1 Å². The Kier molecular flexibility index (Phi) is 4.43. The number of hydrogen-bond acceptors (Lipinski definition) is 4. The maximum Gasteiger partial charge on any atom is 1.00 e. The van der Waals surface area contributed by atoms with Gasteiger partial charge in [-0.25, -0.2) is 9.98 Å². The van der Waals surface area contributed by atoms with Crippen LogP contribution in [0.25, 0.3) is 0 Å². The van der Waals surface area contributed by atoms with Gasteiger partial charge in [0.15, 0.2) is 0 Å². The van der Waals surface area contributed by atoms with Crippen LogP contribution in [-0.4, -0.2) is 18.3 Å². The topological polar surface area (TPSA) is 72.3 Å². The second-order valence-electron chi connectivity index (χ2n) is 3.83. The van der Waals surface area contributed by atoms with Crippen molar-refractivity contribution in [2.75, 3.05) is 0 Å². The van der Waals surface area contributed by atoms with E-state index in [1.165, 1.54) is 0 Å². The summed E-state index contributed by atoms with van der Waals surface area (Å²) in [5.74, 6) is -5.18. The van der Waals surface area contributed by atoms with E-state index >= 15 is 0 Å². The molecular weight excluding hydrogens is 290 g/mol. The summed E-state index contributed by atoms with van der Waals surface area (Å²) in [6.45, 7) is 0. The predicted molar refractivity (Wildman–Crippen MR) is 54.1 cm³/mol. The molecule has 2 rings (SSSR count). The molecule has 0 aliphatic carbocycles. The average molecular weight is 294 g/mol. The van der Waals surface area contributed by atoms with Crippen LogP contribution in [0, 0.1) is 22.7 Å². The molecule has 0 bridgehead atoms. The maximum atomic E-state index is 13.2. The number of nitrogens with zero attached hydrogens (tertiary/aromatic N) is 4. The number of alkyl halides is 5. The van der Waals surface area contributed by atoms with Crippen LogP contribution in [0.5, 0.6) is 0 Å². The molecule has 0 N–H and O–H groups in total. The molecule has 104 valence electrons. The van der Waals surface area contributed by atoms with E-state index in [1.54, 1.807) is 12.1 Å². The van der Waals surface area contributed by atoms with E-state index in [1.807, 2.05) is 0 Å². The van der Waals surface area contributed by atoms with Crippen molar-refractivity contribution in [2.45, 2.75) is 18.3 Å². The first-order chi connectivity index (χ1) is 9.22. The van der Waals surface area contributed by atoms with Crippen LogP contribution in [-0.2, 0) is 0 Å². The third-order valence-electron chi connectivity index (χ3n) is 2.60. The van der Waals surface area contributed by atoms with Gasteiger partial charge in [0.25, 0.3) is 0 Å². The zero-order chi connectivity index (χ0) is 15.1. The van der Waals surface area contributed by atoms with Crippen LogP contribution in [0.1, 0.15) is 12.6 Å². The molecule has 0 fully saturated rings. The van der Waals surface area contributed by atoms with Gasteiger partial charge in [-0.1, -0.05) is 0 Å². The molecule has 0 unspecified atom stereocenters. The Morgan fingerprint density at radius 3 is 1.62 bits per heavy atom. The van der Waals surface area contributed by atoms with Crippen LogP contribution >= 0.6 is 0 Å². The molecule has 0 spiro atoms. The Labute approximate surface area is 127 Å². The van der Waals surface area contributed by atoms with Crippen molar-refractivity contribution < 1.29 is 42.2 Å². The SMILES string of the molecule is N#Cc1ccc(C#N)c2c1=NC(C(F)(F)C(F)(F)F)N=2.[H-].[Li+]. The van der Waals surface area contributed by atoms with E-state index in [4.69, 9.17) is 10.5 Å². The van der Waals surface area contributed by atoms with Crippen LogP contribution < -0.4 is 29.6 Å². The molecule has 0 saturated carbocycles. The van der Waals surface area contributed by atoms with Crippen LogP contribution in [0.4, 0.5) is 22.0 Å². The van der Waals surface area contributed by atoms with Crippen LogP contribution in [0.3, 0.4) is 0 Å². The zero-order valence-corrected chi connectivity index (χ0v) is 10.4. The van der Waals surface area contributed by atoms with Crippen molar-refractivity contribution in [3.05, 3.63) is 34.0 Å². The molecular formula is C11H4F5LiN4. The second kappa shape index (κ2) is 5.44. The average Bonchev–Trinajstić information content (AvgIpc) is 2.81. The Bertz CT molecular complexity index is 725. The number of hydrogen-bond donors (Lipinski definition) is 0. The van der Waals surface area contributed by atoms with Crippen LogP contribution in [0.15, 0.2) is 22.1 Å². The Hall–Kier alpha value is -1.95. The molecule has 0 saturated heterocycles. The second-order valence-corrected chi connectivity index (χ2v) is 3.83. The van der Waals surface area contributed by atoms with Gasteiger partial charge in [-0.2, -0.15) is 32.5 Å². The molecule has 10 heteroatoms. The smallest absolute Gasteiger partial charge is 1.00 e. The summed E-state index contributed by atoms with van der Waals surface area (Å²) >= 11 is 0. The van der Waals surface area contributed by atoms with Gasteiger partial charge in [0.05, 0.1) is 11.1 Å². The predicted octanol–water partition coefficient (Wildman–Crippen LogP) is -1.68. The zero-order valence-electron chi connectivity index (χ0n) is 11.4. The van der Waals surface area contributed by atoms with Crippen molar-refractivity contribution in [3.63, 3.8) is 0 Å². The fraction of sp³-hybridized carbons (Fsp3) is 0.273. The quantitative estimate of drug-likeness (QED) is 0.458. The van der Waals surface area contributed by atoms with Gasteiger partial charge in [-0.15, -0.1) is 0 Å². The van der Waals surface area contributed by atoms with Gasteiger partial charge in [0, 0.05) is 0 Å². The Morgan fingerprint density at radius 1 is 0.952 bits per heavy atom. The summed E-state index contributed by atoms with van der Waals surface area (Å²) in [6.07, 6.45) is -8.55. The Morgan fingerprint density at radius 2 is 1.33 bits per heavy atom. The molecule has 0 aromatic heterocycles. The minimum absolute atomic E-state index is 0. The molecule has 0 atom stereocenters. The molecule has 0 amide bonds. The summed E-state index contributed by atoms with van der Waals surface area (Å²) in [7, 11) is 0. The summed E-state index contributed by atoms with van der Waals surface area (Å²) in [6, 6.07) is 5.43. The fourth-order valence-corrected chi connectivity index (χ4v) is 1.60. The first-order valence-electron chi connectivity index (χ1n) is 5.06. The maximum absolute atomic E-state index is 13.2. The molecule has 1 aromatic carbocycles. The molecule has 1 aliphatic heterocycles. The number of nitriles is 2. The van der Waals surface area contributed by atoms with Gasteiger partial charge in [0.2, 0.25) is 6.17 Å². The summed E-state index contributed by atoms with van der Waals surface area (Å²) in [4.78, 5) is 6.32. The van der Waals surface area contributed by atoms with Gasteiger partial charge < -0.3 is 1.43 Å². The van der Waals surface area contributed by atoms with Crippen molar-refractivity contribution in [1.82, 2.24) is 0 Å². The summed E-state index contributed by atoms with van der Waals surface area (Å²) in [5, 5.41) is 16.7. The van der Waals surface area contributed by atoms with E-state index in [9.17, 15) is 22.0 Å². The third kappa shape index (κ3) is 2.63. The monoisotopic (exact) mass is 294 g/mol. The van der Waals surface area contributed by atoms with E-state index in [0.717, 1.165) is 12.1 Å². The molecule has 0 radical (unpaired) electrons. The van der Waals surface area contributed by atoms with Crippen LogP contribution in [0.2, 0.25) is 0 Å². The van der Waals surface area contributed by atoms with E-state index in [-0.39, 0.29) is 31.4 Å². The first-order valence-corrected chi connectivity index (χ1v) is 5.06. The van der Waals surface area contributed by atoms with Crippen molar-refractivity contribution >= 4 is 0 Å². The number of benzene rings is 1. The van der Waals surface area contributed by atoms with E-state index < -0.39 is 29.0 Å². The molecule has 1 aliphatic rings. The number of fused-ring (bicyclic) bond motifs is 1. The minimum atomic E-state index is -5.83. The largest absolute Gasteiger partial charge is 1.00 e. The number of halogens is 5. The van der Waals surface area contributed by atoms with Gasteiger partial charge >= 0.3 is 31.0 Å². The molecule has 1 heterocycles. The van der Waals surface area contributed by atoms with Gasteiger partial charge in [0.1, 0.15) is 22.9 Å². The molecule has 4 nitrogen and oxygen atoms in total. The molecule has 1 aromatic rings. The summed E-state index contributed by atoms with van der Waals surface area (Å²) in [5.41, 5.74) is -0.438. The fourth-order valence-electron chi connectivity index (χ4n) is 1.60. The summed E-state index contributed by atoms with van der Waals surface area (Å²) < 4.78 is 63.2. The molecule has 21 heavy (non-hydrogen) atoms.